The Morgan fingerprint density at radius 3 is 2.75 bits per heavy atom. The largest absolute Gasteiger partial charge is 0.330 e. The van der Waals surface area contributed by atoms with Gasteiger partial charge in [0.15, 0.2) is 0 Å². The van der Waals surface area contributed by atoms with E-state index in [1.807, 2.05) is 0 Å². The highest BCUT2D eigenvalue weighted by molar-refractivity contribution is 7.07. The number of thiophene rings is 1. The second-order valence-corrected chi connectivity index (χ2v) is 3.37. The summed E-state index contributed by atoms with van der Waals surface area (Å²) in [5.74, 6) is 0. The molecule has 4 N–H and O–H groups in total. The Labute approximate surface area is 83.4 Å². The predicted octanol–water partition coefficient (Wildman–Crippen LogP) is 1.91. The molecule has 0 saturated carbocycles. The van der Waals surface area contributed by atoms with Crippen LogP contribution in [-0.4, -0.2) is 6.54 Å². The van der Waals surface area contributed by atoms with Gasteiger partial charge in [-0.05, 0) is 41.8 Å². The zero-order valence-electron chi connectivity index (χ0n) is 6.90. The molecule has 0 fully saturated rings. The second-order valence-electron chi connectivity index (χ2n) is 2.59. The smallest absolute Gasteiger partial charge is 0.0303 e. The molecule has 1 atom stereocenters. The van der Waals surface area contributed by atoms with Crippen LogP contribution in [0.1, 0.15) is 24.4 Å². The number of rotatable bonds is 4. The number of hydrogen-bond donors (Lipinski definition) is 2. The van der Waals surface area contributed by atoms with E-state index in [1.165, 1.54) is 5.56 Å². The molecule has 1 heterocycles. The highest BCUT2D eigenvalue weighted by atomic mass is 35.5. The Morgan fingerprint density at radius 2 is 2.25 bits per heavy atom. The second kappa shape index (κ2) is 6.43. The summed E-state index contributed by atoms with van der Waals surface area (Å²) in [6, 6.07) is 2.26. The van der Waals surface area contributed by atoms with Crippen molar-refractivity contribution in [3.8, 4) is 0 Å². The van der Waals surface area contributed by atoms with Gasteiger partial charge in [0.25, 0.3) is 0 Å². The van der Waals surface area contributed by atoms with E-state index in [2.05, 4.69) is 16.8 Å². The molecule has 70 valence electrons. The number of hydrogen-bond acceptors (Lipinski definition) is 3. The van der Waals surface area contributed by atoms with Gasteiger partial charge < -0.3 is 11.5 Å². The molecule has 0 saturated heterocycles. The van der Waals surface area contributed by atoms with Gasteiger partial charge in [-0.3, -0.25) is 0 Å². The molecule has 0 aliphatic rings. The first-order valence-corrected chi connectivity index (χ1v) is 4.76. The first kappa shape index (κ1) is 11.9. The maximum Gasteiger partial charge on any atom is 0.0303 e. The van der Waals surface area contributed by atoms with E-state index < -0.39 is 0 Å². The lowest BCUT2D eigenvalue weighted by molar-refractivity contribution is 0.619. The minimum absolute atomic E-state index is 0. The maximum atomic E-state index is 5.88. The van der Waals surface area contributed by atoms with Crippen LogP contribution in [0.4, 0.5) is 0 Å². The summed E-state index contributed by atoms with van der Waals surface area (Å²) in [5, 5.41) is 4.15. The molecule has 12 heavy (non-hydrogen) atoms. The fourth-order valence-corrected chi connectivity index (χ4v) is 1.72. The molecule has 0 spiro atoms. The third-order valence-electron chi connectivity index (χ3n) is 1.69. The standard InChI is InChI=1S/C8H14N2S.ClH/c9-4-1-2-8(10)7-3-5-11-6-7;/h3,5-6,8H,1-2,4,9-10H2;1H/t8-;/m0./s1. The summed E-state index contributed by atoms with van der Waals surface area (Å²) < 4.78 is 0. The zero-order valence-corrected chi connectivity index (χ0v) is 8.53. The first-order valence-electron chi connectivity index (χ1n) is 3.82. The van der Waals surface area contributed by atoms with E-state index in [4.69, 9.17) is 11.5 Å². The Hall–Kier alpha value is -0.0900. The van der Waals surface area contributed by atoms with E-state index >= 15 is 0 Å². The third-order valence-corrected chi connectivity index (χ3v) is 2.39. The molecule has 2 nitrogen and oxygen atoms in total. The molecule has 4 heteroatoms. The van der Waals surface area contributed by atoms with Gasteiger partial charge in [0.1, 0.15) is 0 Å². The average Bonchev–Trinajstić information content (AvgIpc) is 2.52. The van der Waals surface area contributed by atoms with Gasteiger partial charge in [0, 0.05) is 6.04 Å². The van der Waals surface area contributed by atoms with Crippen molar-refractivity contribution in [2.75, 3.05) is 6.54 Å². The summed E-state index contributed by atoms with van der Waals surface area (Å²) in [6.07, 6.45) is 2.00. The van der Waals surface area contributed by atoms with Crippen molar-refractivity contribution in [2.24, 2.45) is 11.5 Å². The molecule has 0 bridgehead atoms. The van der Waals surface area contributed by atoms with Crippen molar-refractivity contribution in [1.82, 2.24) is 0 Å². The van der Waals surface area contributed by atoms with Crippen molar-refractivity contribution >= 4 is 23.7 Å². The third kappa shape index (κ3) is 3.54. The average molecular weight is 207 g/mol. The van der Waals surface area contributed by atoms with Crippen LogP contribution in [0.2, 0.25) is 0 Å². The van der Waals surface area contributed by atoms with Gasteiger partial charge in [-0.1, -0.05) is 0 Å². The fourth-order valence-electron chi connectivity index (χ4n) is 0.990. The van der Waals surface area contributed by atoms with E-state index in [0.717, 1.165) is 19.4 Å². The van der Waals surface area contributed by atoms with Crippen LogP contribution in [-0.2, 0) is 0 Å². The van der Waals surface area contributed by atoms with Crippen LogP contribution < -0.4 is 11.5 Å². The minimum Gasteiger partial charge on any atom is -0.330 e. The predicted molar refractivity (Wildman–Crippen MR) is 56.8 cm³/mol. The molecular weight excluding hydrogens is 192 g/mol. The maximum absolute atomic E-state index is 5.88. The van der Waals surface area contributed by atoms with Crippen LogP contribution in [0.5, 0.6) is 0 Å². The van der Waals surface area contributed by atoms with Gasteiger partial charge in [0.05, 0.1) is 0 Å². The summed E-state index contributed by atoms with van der Waals surface area (Å²) in [5.41, 5.74) is 12.5. The normalized spacial score (nSPS) is 12.2. The van der Waals surface area contributed by atoms with E-state index in [-0.39, 0.29) is 18.4 Å². The van der Waals surface area contributed by atoms with Crippen molar-refractivity contribution in [3.05, 3.63) is 22.4 Å². The van der Waals surface area contributed by atoms with E-state index in [1.54, 1.807) is 11.3 Å². The van der Waals surface area contributed by atoms with Gasteiger partial charge in [-0.15, -0.1) is 12.4 Å². The lowest BCUT2D eigenvalue weighted by Gasteiger charge is -2.07. The van der Waals surface area contributed by atoms with Crippen molar-refractivity contribution in [2.45, 2.75) is 18.9 Å². The van der Waals surface area contributed by atoms with Gasteiger partial charge in [-0.25, -0.2) is 0 Å². The molecule has 1 aromatic heterocycles. The minimum atomic E-state index is 0. The monoisotopic (exact) mass is 206 g/mol. The van der Waals surface area contributed by atoms with Gasteiger partial charge >= 0.3 is 0 Å². The summed E-state index contributed by atoms with van der Waals surface area (Å²) in [7, 11) is 0. The van der Waals surface area contributed by atoms with E-state index in [9.17, 15) is 0 Å². The lowest BCUT2D eigenvalue weighted by atomic mass is 10.1. The molecule has 0 unspecified atom stereocenters. The van der Waals surface area contributed by atoms with Crippen LogP contribution >= 0.6 is 23.7 Å². The van der Waals surface area contributed by atoms with Crippen LogP contribution in [0.15, 0.2) is 16.8 Å². The van der Waals surface area contributed by atoms with Crippen LogP contribution in [0, 0.1) is 0 Å². The fraction of sp³-hybridized carbons (Fsp3) is 0.500. The van der Waals surface area contributed by atoms with Crippen molar-refractivity contribution < 1.29 is 0 Å². The summed E-state index contributed by atoms with van der Waals surface area (Å²) >= 11 is 1.69. The van der Waals surface area contributed by atoms with Crippen LogP contribution in [0.3, 0.4) is 0 Å². The molecule has 0 aliphatic heterocycles. The molecule has 0 aromatic carbocycles. The molecule has 1 rings (SSSR count). The molecular formula is C8H15ClN2S. The number of nitrogens with two attached hydrogens (primary N) is 2. The Kier molecular flexibility index (Phi) is 6.38. The SMILES string of the molecule is Cl.NCCC[C@H](N)c1ccsc1. The highest BCUT2D eigenvalue weighted by Gasteiger charge is 2.03. The van der Waals surface area contributed by atoms with Crippen molar-refractivity contribution in [1.29, 1.82) is 0 Å². The summed E-state index contributed by atoms with van der Waals surface area (Å²) in [6.45, 7) is 0.734. The topological polar surface area (TPSA) is 52.0 Å². The first-order chi connectivity index (χ1) is 5.34. The lowest BCUT2D eigenvalue weighted by Crippen LogP contribution is -2.11. The molecule has 0 amide bonds. The van der Waals surface area contributed by atoms with Crippen molar-refractivity contribution in [3.63, 3.8) is 0 Å². The van der Waals surface area contributed by atoms with Gasteiger partial charge in [0.2, 0.25) is 0 Å². The quantitative estimate of drug-likeness (QED) is 0.791. The molecule has 0 aliphatic carbocycles. The number of halogens is 1. The molecule has 1 aromatic rings. The zero-order chi connectivity index (χ0) is 8.10. The van der Waals surface area contributed by atoms with Crippen LogP contribution in [0.25, 0.3) is 0 Å². The molecule has 0 radical (unpaired) electrons. The Balaban J connectivity index is 0.00000121. The Morgan fingerprint density at radius 1 is 1.50 bits per heavy atom. The van der Waals surface area contributed by atoms with Gasteiger partial charge in [-0.2, -0.15) is 11.3 Å². The Bertz CT molecular complexity index is 189. The summed E-state index contributed by atoms with van der Waals surface area (Å²) in [4.78, 5) is 0. The van der Waals surface area contributed by atoms with E-state index in [0.29, 0.717) is 0 Å². The highest BCUT2D eigenvalue weighted by Crippen LogP contribution is 2.17.